The Morgan fingerprint density at radius 2 is 1.77 bits per heavy atom. The molecule has 0 aromatic carbocycles. The molecule has 218 valence electrons. The van der Waals surface area contributed by atoms with Gasteiger partial charge in [0.2, 0.25) is 23.5 Å². The maximum absolute atomic E-state index is 13.5. The topological polar surface area (TPSA) is 160 Å². The van der Waals surface area contributed by atoms with Gasteiger partial charge >= 0.3 is 0 Å². The number of rotatable bonds is 13. The number of hydrogen-bond donors (Lipinski definition) is 4. The fourth-order valence-electron chi connectivity index (χ4n) is 5.48. The van der Waals surface area contributed by atoms with E-state index < -0.39 is 23.9 Å². The molecule has 2 fully saturated rings. The summed E-state index contributed by atoms with van der Waals surface area (Å²) in [4.78, 5) is 53.8. The zero-order chi connectivity index (χ0) is 28.2. The number of nitrogens with two attached hydrogens (primary N) is 1. The Kier molecular flexibility index (Phi) is 12.2. The van der Waals surface area contributed by atoms with E-state index in [0.717, 1.165) is 38.5 Å². The van der Waals surface area contributed by atoms with Gasteiger partial charge in [0.15, 0.2) is 0 Å². The fourth-order valence-corrected chi connectivity index (χ4v) is 5.48. The second kappa shape index (κ2) is 15.6. The number of aromatic nitrogens is 1. The van der Waals surface area contributed by atoms with Gasteiger partial charge in [-0.3, -0.25) is 19.2 Å². The molecule has 0 unspecified atom stereocenters. The first-order valence-electron chi connectivity index (χ1n) is 14.6. The zero-order valence-electron chi connectivity index (χ0n) is 23.5. The predicted octanol–water partition coefficient (Wildman–Crippen LogP) is 1.98. The molecular weight excluding hydrogens is 500 g/mol. The molecule has 2 aliphatic rings. The van der Waals surface area contributed by atoms with Gasteiger partial charge in [-0.25, -0.2) is 0 Å². The first-order valence-corrected chi connectivity index (χ1v) is 14.6. The summed E-state index contributed by atoms with van der Waals surface area (Å²) in [6.45, 7) is 6.10. The van der Waals surface area contributed by atoms with Crippen molar-refractivity contribution in [2.45, 2.75) is 90.1 Å². The highest BCUT2D eigenvalue weighted by Crippen LogP contribution is 2.27. The van der Waals surface area contributed by atoms with Crippen LogP contribution in [0.3, 0.4) is 0 Å². The minimum atomic E-state index is -0.803. The molecule has 1 aromatic heterocycles. The third-order valence-corrected chi connectivity index (χ3v) is 8.31. The smallest absolute Gasteiger partial charge is 0.290 e. The van der Waals surface area contributed by atoms with Crippen LogP contribution in [0.1, 0.15) is 88.6 Å². The summed E-state index contributed by atoms with van der Waals surface area (Å²) in [5, 5.41) is 12.1. The normalized spacial score (nSPS) is 19.1. The predicted molar refractivity (Wildman–Crippen MR) is 146 cm³/mol. The molecule has 1 aromatic rings. The van der Waals surface area contributed by atoms with Crippen LogP contribution in [0.4, 0.5) is 0 Å². The van der Waals surface area contributed by atoms with Gasteiger partial charge in [0.05, 0.1) is 6.20 Å². The number of piperidine rings is 1. The van der Waals surface area contributed by atoms with Crippen LogP contribution < -0.4 is 21.7 Å². The van der Waals surface area contributed by atoms with Crippen LogP contribution in [0.2, 0.25) is 0 Å². The number of nitrogens with zero attached hydrogens (tertiary/aromatic N) is 2. The van der Waals surface area contributed by atoms with Gasteiger partial charge in [-0.2, -0.15) is 0 Å². The van der Waals surface area contributed by atoms with Crippen molar-refractivity contribution < 1.29 is 23.7 Å². The Bertz CT molecular complexity index is 925. The molecule has 3 rings (SSSR count). The lowest BCUT2D eigenvalue weighted by atomic mass is 9.84. The van der Waals surface area contributed by atoms with E-state index in [4.69, 9.17) is 10.3 Å². The Morgan fingerprint density at radius 1 is 1.05 bits per heavy atom. The second-order valence-corrected chi connectivity index (χ2v) is 11.1. The molecule has 1 saturated heterocycles. The Morgan fingerprint density at radius 3 is 2.38 bits per heavy atom. The third-order valence-electron chi connectivity index (χ3n) is 8.31. The number of likely N-dealkylation sites (tertiary alicyclic amines) is 1. The molecule has 1 aliphatic carbocycles. The molecule has 0 radical (unpaired) electrons. The van der Waals surface area contributed by atoms with Gasteiger partial charge in [0.1, 0.15) is 12.1 Å². The molecule has 0 spiro atoms. The van der Waals surface area contributed by atoms with E-state index in [1.165, 1.54) is 18.7 Å². The van der Waals surface area contributed by atoms with E-state index in [2.05, 4.69) is 21.1 Å². The van der Waals surface area contributed by atoms with Crippen LogP contribution in [0, 0.1) is 17.8 Å². The molecule has 1 saturated carbocycles. The number of hydrogen-bond acceptors (Lipinski definition) is 7. The Balaban J connectivity index is 1.58. The average molecular weight is 547 g/mol. The summed E-state index contributed by atoms with van der Waals surface area (Å²) in [6, 6.07) is -0.140. The lowest BCUT2D eigenvalue weighted by Gasteiger charge is -2.31. The molecule has 2 heterocycles. The van der Waals surface area contributed by atoms with Gasteiger partial charge in [0.25, 0.3) is 5.91 Å². The summed E-state index contributed by atoms with van der Waals surface area (Å²) in [5.41, 5.74) is 5.74. The van der Waals surface area contributed by atoms with Crippen molar-refractivity contribution in [3.05, 3.63) is 18.0 Å². The molecule has 4 amide bonds. The van der Waals surface area contributed by atoms with E-state index in [0.29, 0.717) is 44.3 Å². The van der Waals surface area contributed by atoms with Crippen LogP contribution >= 0.6 is 0 Å². The van der Waals surface area contributed by atoms with Crippen LogP contribution in [0.5, 0.6) is 0 Å². The first-order chi connectivity index (χ1) is 18.8. The summed E-state index contributed by atoms with van der Waals surface area (Å²) < 4.78 is 4.96. The number of carbonyl (C=O) groups excluding carboxylic acids is 4. The van der Waals surface area contributed by atoms with E-state index in [9.17, 15) is 19.2 Å². The van der Waals surface area contributed by atoms with E-state index in [1.807, 2.05) is 18.7 Å². The average Bonchev–Trinajstić information content (AvgIpc) is 3.51. The van der Waals surface area contributed by atoms with E-state index in [-0.39, 0.29) is 36.5 Å². The molecule has 3 atom stereocenters. The Labute approximate surface area is 231 Å². The van der Waals surface area contributed by atoms with E-state index >= 15 is 0 Å². The third kappa shape index (κ3) is 9.33. The summed E-state index contributed by atoms with van der Waals surface area (Å²) >= 11 is 0. The summed E-state index contributed by atoms with van der Waals surface area (Å²) in [7, 11) is 0. The molecule has 1 aliphatic heterocycles. The summed E-state index contributed by atoms with van der Waals surface area (Å²) in [5.74, 6) is -0.542. The largest absolute Gasteiger partial charge is 0.354 e. The zero-order valence-corrected chi connectivity index (χ0v) is 23.5. The number of carbonyl (C=O) groups is 4. The highest BCUT2D eigenvalue weighted by molar-refractivity contribution is 5.96. The molecule has 11 heteroatoms. The van der Waals surface area contributed by atoms with Crippen LogP contribution in [0.15, 0.2) is 16.8 Å². The minimum absolute atomic E-state index is 0.0116. The van der Waals surface area contributed by atoms with Crippen molar-refractivity contribution in [1.82, 2.24) is 26.0 Å². The van der Waals surface area contributed by atoms with Crippen molar-refractivity contribution in [3.8, 4) is 0 Å². The standard InChI is InChI=1S/C28H46N6O5/c1-3-19(2)25(28(38)30-13-10-24(35)34-15-11-21(18-29)12-16-34)33-26(36)22(17-20-7-5-4-6-8-20)32-27(37)23-9-14-31-39-23/h9,14,19-22,25H,3-8,10-13,15-18,29H2,1-2H3,(H,30,38)(H,32,37)(H,33,36)/t19-,22-,25-/m0/s1. The number of amides is 4. The van der Waals surface area contributed by atoms with E-state index in [1.54, 1.807) is 0 Å². The van der Waals surface area contributed by atoms with Crippen LogP contribution in [-0.4, -0.2) is 71.9 Å². The van der Waals surface area contributed by atoms with Crippen LogP contribution in [-0.2, 0) is 14.4 Å². The molecule has 39 heavy (non-hydrogen) atoms. The van der Waals surface area contributed by atoms with Gasteiger partial charge < -0.3 is 31.1 Å². The van der Waals surface area contributed by atoms with Gasteiger partial charge in [-0.05, 0) is 43.6 Å². The minimum Gasteiger partial charge on any atom is -0.354 e. The molecular formula is C28H46N6O5. The Hall–Kier alpha value is -2.95. The summed E-state index contributed by atoms with van der Waals surface area (Å²) in [6.07, 6.45) is 9.98. The SMILES string of the molecule is CC[C@H](C)[C@H](NC(=O)[C@H](CC1CCCCC1)NC(=O)c1ccno1)C(=O)NCCC(=O)N1CCC(CN)CC1. The fraction of sp³-hybridized carbons (Fsp3) is 0.750. The lowest BCUT2D eigenvalue weighted by molar-refractivity contribution is -0.133. The monoisotopic (exact) mass is 546 g/mol. The molecule has 5 N–H and O–H groups in total. The van der Waals surface area contributed by atoms with Gasteiger partial charge in [0, 0.05) is 32.1 Å². The first kappa shape index (κ1) is 30.6. The highest BCUT2D eigenvalue weighted by Gasteiger charge is 2.32. The molecule has 0 bridgehead atoms. The van der Waals surface area contributed by atoms with Crippen molar-refractivity contribution in [2.24, 2.45) is 23.5 Å². The van der Waals surface area contributed by atoms with Crippen LogP contribution in [0.25, 0.3) is 0 Å². The maximum atomic E-state index is 13.5. The van der Waals surface area contributed by atoms with Crippen molar-refractivity contribution >= 4 is 23.6 Å². The maximum Gasteiger partial charge on any atom is 0.290 e. The van der Waals surface area contributed by atoms with Crippen molar-refractivity contribution in [3.63, 3.8) is 0 Å². The quantitative estimate of drug-likeness (QED) is 0.294. The van der Waals surface area contributed by atoms with Gasteiger partial charge in [-0.15, -0.1) is 0 Å². The highest BCUT2D eigenvalue weighted by atomic mass is 16.5. The number of nitrogens with one attached hydrogen (secondary N) is 3. The van der Waals surface area contributed by atoms with Crippen molar-refractivity contribution in [1.29, 1.82) is 0 Å². The second-order valence-electron chi connectivity index (χ2n) is 11.1. The lowest BCUT2D eigenvalue weighted by Crippen LogP contribution is -2.56. The van der Waals surface area contributed by atoms with Gasteiger partial charge in [-0.1, -0.05) is 57.5 Å². The van der Waals surface area contributed by atoms with Crippen molar-refractivity contribution in [2.75, 3.05) is 26.2 Å². The molecule has 11 nitrogen and oxygen atoms in total.